The SMILES string of the molecule is CC1=C(c2ccccn2)N(c2cc(C(F)(F)F)c(C(C)C)cn2)CS1. The average molecular weight is 365 g/mol. The minimum Gasteiger partial charge on any atom is -0.314 e. The Bertz CT molecular complexity index is 801. The Morgan fingerprint density at radius 3 is 2.56 bits per heavy atom. The molecule has 1 aliphatic heterocycles. The zero-order valence-corrected chi connectivity index (χ0v) is 14.9. The van der Waals surface area contributed by atoms with E-state index < -0.39 is 11.7 Å². The monoisotopic (exact) mass is 365 g/mol. The highest BCUT2D eigenvalue weighted by molar-refractivity contribution is 8.03. The third-order valence-corrected chi connectivity index (χ3v) is 5.06. The van der Waals surface area contributed by atoms with Crippen LogP contribution in [0.15, 0.2) is 41.6 Å². The summed E-state index contributed by atoms with van der Waals surface area (Å²) in [5.41, 5.74) is 1.13. The van der Waals surface area contributed by atoms with Gasteiger partial charge in [-0.25, -0.2) is 4.98 Å². The van der Waals surface area contributed by atoms with Gasteiger partial charge in [-0.15, -0.1) is 11.8 Å². The number of hydrogen-bond donors (Lipinski definition) is 0. The van der Waals surface area contributed by atoms with Crippen molar-refractivity contribution in [3.63, 3.8) is 0 Å². The molecule has 3 rings (SSSR count). The molecule has 0 unspecified atom stereocenters. The highest BCUT2D eigenvalue weighted by atomic mass is 32.2. The van der Waals surface area contributed by atoms with E-state index in [0.717, 1.165) is 22.4 Å². The fourth-order valence-corrected chi connectivity index (χ4v) is 3.73. The minimum atomic E-state index is -4.41. The van der Waals surface area contributed by atoms with E-state index in [2.05, 4.69) is 9.97 Å². The number of alkyl halides is 3. The van der Waals surface area contributed by atoms with Gasteiger partial charge in [0.15, 0.2) is 0 Å². The topological polar surface area (TPSA) is 29.0 Å². The fourth-order valence-electron chi connectivity index (χ4n) is 2.79. The van der Waals surface area contributed by atoms with Crippen molar-refractivity contribution in [1.82, 2.24) is 9.97 Å². The third-order valence-electron chi connectivity index (χ3n) is 4.05. The Labute approximate surface area is 149 Å². The van der Waals surface area contributed by atoms with Gasteiger partial charge in [-0.1, -0.05) is 19.9 Å². The normalized spacial score (nSPS) is 15.4. The number of allylic oxidation sites excluding steroid dienone is 1. The first-order valence-electron chi connectivity index (χ1n) is 7.88. The lowest BCUT2D eigenvalue weighted by Crippen LogP contribution is -2.21. The molecule has 0 spiro atoms. The first kappa shape index (κ1) is 17.8. The zero-order chi connectivity index (χ0) is 18.2. The Morgan fingerprint density at radius 1 is 1.20 bits per heavy atom. The van der Waals surface area contributed by atoms with Gasteiger partial charge in [-0.3, -0.25) is 4.98 Å². The van der Waals surface area contributed by atoms with E-state index in [4.69, 9.17) is 0 Å². The van der Waals surface area contributed by atoms with Gasteiger partial charge >= 0.3 is 6.18 Å². The van der Waals surface area contributed by atoms with E-state index in [0.29, 0.717) is 11.7 Å². The van der Waals surface area contributed by atoms with Crippen molar-refractivity contribution < 1.29 is 13.2 Å². The van der Waals surface area contributed by atoms with Crippen molar-refractivity contribution in [2.45, 2.75) is 32.9 Å². The number of aromatic nitrogens is 2. The summed E-state index contributed by atoms with van der Waals surface area (Å²) in [6.45, 7) is 5.42. The first-order chi connectivity index (χ1) is 11.8. The smallest absolute Gasteiger partial charge is 0.314 e. The number of hydrogen-bond acceptors (Lipinski definition) is 4. The number of thioether (sulfide) groups is 1. The van der Waals surface area contributed by atoms with Crippen LogP contribution in [0, 0.1) is 0 Å². The van der Waals surface area contributed by atoms with Gasteiger partial charge in [0.2, 0.25) is 0 Å². The second kappa shape index (κ2) is 6.71. The second-order valence-electron chi connectivity index (χ2n) is 6.10. The van der Waals surface area contributed by atoms with E-state index >= 15 is 0 Å². The zero-order valence-electron chi connectivity index (χ0n) is 14.1. The third kappa shape index (κ3) is 3.51. The van der Waals surface area contributed by atoms with Crippen molar-refractivity contribution in [3.8, 4) is 0 Å². The quantitative estimate of drug-likeness (QED) is 0.716. The largest absolute Gasteiger partial charge is 0.416 e. The maximum absolute atomic E-state index is 13.5. The number of nitrogens with zero attached hydrogens (tertiary/aromatic N) is 3. The van der Waals surface area contributed by atoms with Gasteiger partial charge in [0.05, 0.1) is 22.8 Å². The van der Waals surface area contributed by atoms with Gasteiger partial charge in [-0.05, 0) is 36.6 Å². The summed E-state index contributed by atoms with van der Waals surface area (Å²) in [6.07, 6.45) is -1.39. The van der Waals surface area contributed by atoms with Crippen molar-refractivity contribution in [2.75, 3.05) is 10.8 Å². The van der Waals surface area contributed by atoms with Crippen molar-refractivity contribution in [1.29, 1.82) is 0 Å². The van der Waals surface area contributed by atoms with Crippen molar-refractivity contribution >= 4 is 23.3 Å². The lowest BCUT2D eigenvalue weighted by Gasteiger charge is -2.23. The molecule has 0 radical (unpaired) electrons. The predicted octanol–water partition coefficient (Wildman–Crippen LogP) is 5.52. The summed E-state index contributed by atoms with van der Waals surface area (Å²) in [6, 6.07) is 6.67. The van der Waals surface area contributed by atoms with E-state index in [1.165, 1.54) is 6.20 Å². The molecule has 0 atom stereocenters. The minimum absolute atomic E-state index is 0.211. The summed E-state index contributed by atoms with van der Waals surface area (Å²) < 4.78 is 40.5. The van der Waals surface area contributed by atoms with Crippen LogP contribution in [-0.4, -0.2) is 15.8 Å². The number of pyridine rings is 2. The maximum atomic E-state index is 13.5. The number of rotatable bonds is 3. The van der Waals surface area contributed by atoms with Crippen LogP contribution in [0.4, 0.5) is 19.0 Å². The van der Waals surface area contributed by atoms with Crippen LogP contribution < -0.4 is 4.90 Å². The molecular weight excluding hydrogens is 347 g/mol. The van der Waals surface area contributed by atoms with Crippen LogP contribution in [0.1, 0.15) is 43.5 Å². The Hall–Kier alpha value is -2.02. The van der Waals surface area contributed by atoms with Crippen LogP contribution in [0.25, 0.3) is 5.70 Å². The van der Waals surface area contributed by atoms with Crippen molar-refractivity contribution in [3.05, 3.63) is 58.4 Å². The van der Waals surface area contributed by atoms with Gasteiger partial charge in [0.1, 0.15) is 5.82 Å². The Morgan fingerprint density at radius 2 is 1.96 bits per heavy atom. The lowest BCUT2D eigenvalue weighted by atomic mass is 9.99. The van der Waals surface area contributed by atoms with E-state index in [9.17, 15) is 13.2 Å². The van der Waals surface area contributed by atoms with Crippen LogP contribution in [-0.2, 0) is 6.18 Å². The standard InChI is InChI=1S/C18H18F3N3S/c1-11(2)13-9-23-16(8-14(13)18(19,20)21)24-10-25-12(3)17(24)15-6-4-5-7-22-15/h4-9,11H,10H2,1-3H3. The summed E-state index contributed by atoms with van der Waals surface area (Å²) in [7, 11) is 0. The van der Waals surface area contributed by atoms with Crippen LogP contribution in [0.2, 0.25) is 0 Å². The molecule has 7 heteroatoms. The molecule has 0 saturated heterocycles. The van der Waals surface area contributed by atoms with Gasteiger partial charge in [-0.2, -0.15) is 13.2 Å². The summed E-state index contributed by atoms with van der Waals surface area (Å²) in [5.74, 6) is 0.559. The molecule has 0 saturated carbocycles. The molecule has 2 aromatic rings. The number of halogens is 3. The van der Waals surface area contributed by atoms with Crippen molar-refractivity contribution in [2.24, 2.45) is 0 Å². The first-order valence-corrected chi connectivity index (χ1v) is 8.87. The van der Waals surface area contributed by atoms with Crippen LogP contribution in [0.5, 0.6) is 0 Å². The molecule has 0 bridgehead atoms. The molecule has 2 aromatic heterocycles. The molecule has 1 aliphatic rings. The van der Waals surface area contributed by atoms with Crippen LogP contribution in [0.3, 0.4) is 0 Å². The molecule has 0 aliphatic carbocycles. The molecule has 3 heterocycles. The molecule has 25 heavy (non-hydrogen) atoms. The van der Waals surface area contributed by atoms with E-state index in [-0.39, 0.29) is 11.5 Å². The molecule has 3 nitrogen and oxygen atoms in total. The molecule has 0 N–H and O–H groups in total. The Kier molecular flexibility index (Phi) is 4.77. The van der Waals surface area contributed by atoms with Gasteiger partial charge < -0.3 is 4.90 Å². The highest BCUT2D eigenvalue weighted by Gasteiger charge is 2.36. The van der Waals surface area contributed by atoms with Crippen LogP contribution >= 0.6 is 11.8 Å². The fraction of sp³-hybridized carbons (Fsp3) is 0.333. The molecule has 0 fully saturated rings. The van der Waals surface area contributed by atoms with E-state index in [1.807, 2.05) is 25.1 Å². The molecule has 0 amide bonds. The highest BCUT2D eigenvalue weighted by Crippen LogP contribution is 2.42. The lowest BCUT2D eigenvalue weighted by molar-refractivity contribution is -0.138. The van der Waals surface area contributed by atoms with Gasteiger partial charge in [0, 0.05) is 17.3 Å². The summed E-state index contributed by atoms with van der Waals surface area (Å²) >= 11 is 1.57. The second-order valence-corrected chi connectivity index (χ2v) is 7.26. The van der Waals surface area contributed by atoms with E-state index in [1.54, 1.807) is 36.7 Å². The maximum Gasteiger partial charge on any atom is 0.416 e. The average Bonchev–Trinajstić information content (AvgIpc) is 2.96. The molecular formula is C18H18F3N3S. The molecule has 0 aromatic carbocycles. The Balaban J connectivity index is 2.08. The molecule has 132 valence electrons. The van der Waals surface area contributed by atoms with Gasteiger partial charge in [0.25, 0.3) is 0 Å². The summed E-state index contributed by atoms with van der Waals surface area (Å²) in [4.78, 5) is 11.5. The predicted molar refractivity (Wildman–Crippen MR) is 95.1 cm³/mol. The summed E-state index contributed by atoms with van der Waals surface area (Å²) in [5, 5.41) is 0. The number of anilines is 1.